The van der Waals surface area contributed by atoms with Crippen LogP contribution in [-0.2, 0) is 4.74 Å². The van der Waals surface area contributed by atoms with Crippen molar-refractivity contribution in [3.05, 3.63) is 12.7 Å². The van der Waals surface area contributed by atoms with Crippen LogP contribution < -0.4 is 5.32 Å². The summed E-state index contributed by atoms with van der Waals surface area (Å²) in [5, 5.41) is 11.2. The molecular formula is C7H12ClNO3. The molecule has 0 rings (SSSR count). The molecule has 0 spiro atoms. The van der Waals surface area contributed by atoms with Crippen LogP contribution >= 0.6 is 11.6 Å². The van der Waals surface area contributed by atoms with E-state index in [4.69, 9.17) is 16.7 Å². The van der Waals surface area contributed by atoms with Gasteiger partial charge >= 0.3 is 6.09 Å². The normalized spacial score (nSPS) is 11.8. The summed E-state index contributed by atoms with van der Waals surface area (Å²) in [4.78, 5) is 10.7. The van der Waals surface area contributed by atoms with Crippen molar-refractivity contribution in [2.45, 2.75) is 6.10 Å². The highest BCUT2D eigenvalue weighted by atomic mass is 35.5. The monoisotopic (exact) mass is 193 g/mol. The minimum atomic E-state index is -0.733. The lowest BCUT2D eigenvalue weighted by molar-refractivity contribution is 0.145. The molecule has 70 valence electrons. The third-order valence-electron chi connectivity index (χ3n) is 0.992. The van der Waals surface area contributed by atoms with Crippen LogP contribution in [0.5, 0.6) is 0 Å². The number of carbonyl (C=O) groups excluding carboxylic acids is 1. The molecular weight excluding hydrogens is 182 g/mol. The van der Waals surface area contributed by atoms with Gasteiger partial charge in [-0.15, -0.1) is 11.6 Å². The number of hydrogen-bond acceptors (Lipinski definition) is 3. The molecule has 0 saturated carbocycles. The Morgan fingerprint density at radius 3 is 3.00 bits per heavy atom. The van der Waals surface area contributed by atoms with E-state index in [9.17, 15) is 4.79 Å². The highest BCUT2D eigenvalue weighted by Gasteiger charge is 2.04. The lowest BCUT2D eigenvalue weighted by Crippen LogP contribution is -2.33. The molecule has 12 heavy (non-hydrogen) atoms. The Hall–Kier alpha value is -0.740. The maximum Gasteiger partial charge on any atom is 0.407 e. The van der Waals surface area contributed by atoms with E-state index in [1.165, 1.54) is 6.08 Å². The van der Waals surface area contributed by atoms with Gasteiger partial charge < -0.3 is 15.2 Å². The average molecular weight is 194 g/mol. The molecule has 0 fully saturated rings. The second kappa shape index (κ2) is 6.94. The van der Waals surface area contributed by atoms with Crippen LogP contribution in [0.15, 0.2) is 12.7 Å². The third kappa shape index (κ3) is 6.00. The van der Waals surface area contributed by atoms with Gasteiger partial charge in [0, 0.05) is 6.54 Å². The van der Waals surface area contributed by atoms with Gasteiger partial charge in [0.2, 0.25) is 0 Å². The zero-order valence-corrected chi connectivity index (χ0v) is 7.38. The van der Waals surface area contributed by atoms with Gasteiger partial charge in [-0.05, 0) is 0 Å². The first-order valence-corrected chi connectivity index (χ1v) is 3.99. The highest BCUT2D eigenvalue weighted by Crippen LogP contribution is 1.85. The van der Waals surface area contributed by atoms with E-state index in [-0.39, 0.29) is 19.0 Å². The van der Waals surface area contributed by atoms with E-state index in [1.807, 2.05) is 0 Å². The van der Waals surface area contributed by atoms with Gasteiger partial charge in [0.1, 0.15) is 6.61 Å². The lowest BCUT2D eigenvalue weighted by atomic mass is 10.4. The van der Waals surface area contributed by atoms with Gasteiger partial charge in [-0.3, -0.25) is 0 Å². The van der Waals surface area contributed by atoms with E-state index in [0.29, 0.717) is 0 Å². The molecule has 0 aliphatic carbocycles. The number of rotatable bonds is 5. The molecule has 1 atom stereocenters. The predicted octanol–water partition coefficient (Wildman–Crippen LogP) is 0.498. The van der Waals surface area contributed by atoms with Crippen LogP contribution in [0, 0.1) is 0 Å². The summed E-state index contributed by atoms with van der Waals surface area (Å²) in [5.41, 5.74) is 0. The lowest BCUT2D eigenvalue weighted by Gasteiger charge is -2.07. The maximum atomic E-state index is 10.7. The number of alkyl halides is 1. The van der Waals surface area contributed by atoms with Crippen molar-refractivity contribution < 1.29 is 14.6 Å². The molecule has 0 aliphatic heterocycles. The summed E-state index contributed by atoms with van der Waals surface area (Å²) in [6, 6.07) is 0. The van der Waals surface area contributed by atoms with E-state index in [1.54, 1.807) is 0 Å². The number of nitrogens with one attached hydrogen (secondary N) is 1. The molecule has 0 aromatic rings. The first-order valence-electron chi connectivity index (χ1n) is 3.46. The van der Waals surface area contributed by atoms with Gasteiger partial charge in [-0.2, -0.15) is 0 Å². The number of carbonyl (C=O) groups is 1. The second-order valence-corrected chi connectivity index (χ2v) is 2.38. The topological polar surface area (TPSA) is 58.6 Å². The number of aliphatic hydroxyl groups is 1. The van der Waals surface area contributed by atoms with Gasteiger partial charge in [-0.1, -0.05) is 12.7 Å². The average Bonchev–Trinajstić information content (AvgIpc) is 2.10. The molecule has 0 unspecified atom stereocenters. The maximum absolute atomic E-state index is 10.7. The molecule has 0 radical (unpaired) electrons. The minimum absolute atomic E-state index is 0.0851. The Kier molecular flexibility index (Phi) is 6.51. The summed E-state index contributed by atoms with van der Waals surface area (Å²) in [6.07, 6.45) is 0.138. The van der Waals surface area contributed by atoms with Crippen LogP contribution in [0.4, 0.5) is 4.79 Å². The van der Waals surface area contributed by atoms with Crippen LogP contribution in [0.1, 0.15) is 0 Å². The zero-order valence-electron chi connectivity index (χ0n) is 6.62. The van der Waals surface area contributed by atoms with Crippen molar-refractivity contribution in [1.29, 1.82) is 0 Å². The minimum Gasteiger partial charge on any atom is -0.445 e. The number of hydrogen-bond donors (Lipinski definition) is 2. The molecule has 0 heterocycles. The number of ether oxygens (including phenoxy) is 1. The molecule has 0 saturated heterocycles. The summed E-state index contributed by atoms with van der Waals surface area (Å²) < 4.78 is 4.56. The zero-order chi connectivity index (χ0) is 9.40. The van der Waals surface area contributed by atoms with E-state index in [2.05, 4.69) is 16.6 Å². The number of aliphatic hydroxyl groups excluding tert-OH is 1. The number of halogens is 1. The van der Waals surface area contributed by atoms with Crippen LogP contribution in [0.2, 0.25) is 0 Å². The predicted molar refractivity (Wildman–Crippen MR) is 46.3 cm³/mol. The molecule has 0 aromatic carbocycles. The van der Waals surface area contributed by atoms with Crippen LogP contribution in [0.25, 0.3) is 0 Å². The second-order valence-electron chi connectivity index (χ2n) is 2.08. The molecule has 0 bridgehead atoms. The Morgan fingerprint density at radius 2 is 2.50 bits per heavy atom. The number of amides is 1. The van der Waals surface area contributed by atoms with Gasteiger partial charge in [0.05, 0.1) is 12.0 Å². The fourth-order valence-electron chi connectivity index (χ4n) is 0.441. The van der Waals surface area contributed by atoms with Crippen molar-refractivity contribution in [1.82, 2.24) is 5.32 Å². The van der Waals surface area contributed by atoms with Crippen molar-refractivity contribution in [2.24, 2.45) is 0 Å². The Balaban J connectivity index is 3.36. The van der Waals surface area contributed by atoms with E-state index in [0.717, 1.165) is 0 Å². The van der Waals surface area contributed by atoms with Gasteiger partial charge in [0.25, 0.3) is 0 Å². The Bertz CT molecular complexity index is 152. The summed E-state index contributed by atoms with van der Waals surface area (Å²) in [7, 11) is 0. The first kappa shape index (κ1) is 11.3. The smallest absolute Gasteiger partial charge is 0.407 e. The largest absolute Gasteiger partial charge is 0.445 e. The molecule has 5 heteroatoms. The van der Waals surface area contributed by atoms with Crippen LogP contribution in [0.3, 0.4) is 0 Å². The quantitative estimate of drug-likeness (QED) is 0.494. The van der Waals surface area contributed by atoms with Gasteiger partial charge in [-0.25, -0.2) is 4.79 Å². The van der Waals surface area contributed by atoms with Crippen molar-refractivity contribution in [3.8, 4) is 0 Å². The molecule has 2 N–H and O–H groups in total. The highest BCUT2D eigenvalue weighted by molar-refractivity contribution is 6.18. The summed E-state index contributed by atoms with van der Waals surface area (Å²) in [5.74, 6) is 0.0851. The standard InChI is InChI=1S/C7H12ClNO3/c1-2-3-12-7(11)9-5-6(10)4-8/h2,6,10H,1,3-5H2,(H,9,11)/t6-/m1/s1. The fourth-order valence-corrected chi connectivity index (χ4v) is 0.550. The van der Waals surface area contributed by atoms with E-state index < -0.39 is 12.2 Å². The summed E-state index contributed by atoms with van der Waals surface area (Å²) >= 11 is 5.28. The summed E-state index contributed by atoms with van der Waals surface area (Å²) in [6.45, 7) is 3.62. The van der Waals surface area contributed by atoms with Crippen molar-refractivity contribution in [2.75, 3.05) is 19.0 Å². The Morgan fingerprint density at radius 1 is 1.83 bits per heavy atom. The molecule has 4 nitrogen and oxygen atoms in total. The first-order chi connectivity index (χ1) is 5.70. The molecule has 0 aliphatic rings. The SMILES string of the molecule is C=CCOC(=O)NC[C@H](O)CCl. The molecule has 1 amide bonds. The fraction of sp³-hybridized carbons (Fsp3) is 0.571. The Labute approximate surface area is 76.2 Å². The number of alkyl carbamates (subject to hydrolysis) is 1. The van der Waals surface area contributed by atoms with Crippen molar-refractivity contribution >= 4 is 17.7 Å². The van der Waals surface area contributed by atoms with Gasteiger partial charge in [0.15, 0.2) is 0 Å². The van der Waals surface area contributed by atoms with Crippen molar-refractivity contribution in [3.63, 3.8) is 0 Å². The molecule has 0 aromatic heterocycles. The van der Waals surface area contributed by atoms with Crippen LogP contribution in [-0.4, -0.2) is 36.3 Å². The van der Waals surface area contributed by atoms with E-state index >= 15 is 0 Å². The third-order valence-corrected chi connectivity index (χ3v) is 1.35.